The molecule has 3 aromatic rings. The molecule has 0 atom stereocenters. The van der Waals surface area contributed by atoms with E-state index in [4.69, 9.17) is 4.74 Å². The van der Waals surface area contributed by atoms with Gasteiger partial charge in [-0.3, -0.25) is 9.59 Å². The summed E-state index contributed by atoms with van der Waals surface area (Å²) in [5.74, 6) is -0.633. The van der Waals surface area contributed by atoms with Gasteiger partial charge >= 0.3 is 0 Å². The molecular formula is C24H24N4O3. The van der Waals surface area contributed by atoms with Crippen molar-refractivity contribution in [2.75, 3.05) is 25.6 Å². The van der Waals surface area contributed by atoms with E-state index in [1.807, 2.05) is 49.4 Å². The largest absolute Gasteiger partial charge is 0.383 e. The lowest BCUT2D eigenvalue weighted by molar-refractivity contribution is -0.121. The van der Waals surface area contributed by atoms with Gasteiger partial charge in [-0.25, -0.2) is 0 Å². The summed E-state index contributed by atoms with van der Waals surface area (Å²) >= 11 is 0. The van der Waals surface area contributed by atoms with Gasteiger partial charge in [0, 0.05) is 42.0 Å². The van der Waals surface area contributed by atoms with Gasteiger partial charge in [-0.1, -0.05) is 35.9 Å². The summed E-state index contributed by atoms with van der Waals surface area (Å²) in [4.78, 5) is 24.9. The number of carbonyl (C=O) groups excluding carboxylic acids is 2. The number of benzene rings is 2. The van der Waals surface area contributed by atoms with E-state index in [0.717, 1.165) is 16.5 Å². The van der Waals surface area contributed by atoms with Crippen LogP contribution in [-0.4, -0.2) is 36.6 Å². The number of nitrogens with zero attached hydrogens (tertiary/aromatic N) is 2. The highest BCUT2D eigenvalue weighted by molar-refractivity contribution is 6.10. The Morgan fingerprint density at radius 3 is 2.61 bits per heavy atom. The molecular weight excluding hydrogens is 392 g/mol. The fourth-order valence-corrected chi connectivity index (χ4v) is 3.16. The van der Waals surface area contributed by atoms with Crippen LogP contribution in [0.1, 0.15) is 11.1 Å². The third-order valence-corrected chi connectivity index (χ3v) is 4.74. The van der Waals surface area contributed by atoms with Crippen molar-refractivity contribution in [2.24, 2.45) is 0 Å². The second-order valence-corrected chi connectivity index (χ2v) is 7.06. The van der Waals surface area contributed by atoms with Crippen molar-refractivity contribution in [1.82, 2.24) is 9.88 Å². The number of nitrogens with one attached hydrogen (secondary N) is 2. The topological polar surface area (TPSA) is 96.2 Å². The lowest BCUT2D eigenvalue weighted by atomic mass is 10.1. The summed E-state index contributed by atoms with van der Waals surface area (Å²) in [6.07, 6.45) is 3.32. The lowest BCUT2D eigenvalue weighted by Crippen LogP contribution is -2.30. The van der Waals surface area contributed by atoms with Crippen LogP contribution in [0.5, 0.6) is 0 Å². The van der Waals surface area contributed by atoms with Gasteiger partial charge in [0.2, 0.25) is 5.91 Å². The van der Waals surface area contributed by atoms with Crippen LogP contribution in [0.25, 0.3) is 17.0 Å². The molecule has 2 aromatic carbocycles. The Kier molecular flexibility index (Phi) is 7.20. The lowest BCUT2D eigenvalue weighted by Gasteiger charge is -2.06. The third-order valence-electron chi connectivity index (χ3n) is 4.74. The first kappa shape index (κ1) is 21.8. The molecule has 7 nitrogen and oxygen atoms in total. The minimum atomic E-state index is -0.486. The number of methoxy groups -OCH3 is 1. The smallest absolute Gasteiger partial charge is 0.266 e. The number of aromatic nitrogens is 1. The summed E-state index contributed by atoms with van der Waals surface area (Å²) < 4.78 is 6.75. The van der Waals surface area contributed by atoms with E-state index >= 15 is 0 Å². The molecule has 0 unspecified atom stereocenters. The SMILES string of the molecule is COCCNC(=O)Cn1cc(/C=C(\C#N)C(=O)Nc2ccc(C)cc2)c2ccccc21. The monoisotopic (exact) mass is 416 g/mol. The zero-order chi connectivity index (χ0) is 22.2. The molecule has 1 heterocycles. The second kappa shape index (κ2) is 10.2. The van der Waals surface area contributed by atoms with E-state index in [0.29, 0.717) is 24.4 Å². The highest BCUT2D eigenvalue weighted by Gasteiger charge is 2.14. The molecule has 0 bridgehead atoms. The molecule has 1 aromatic heterocycles. The van der Waals surface area contributed by atoms with Crippen LogP contribution >= 0.6 is 0 Å². The Hall–Kier alpha value is -3.89. The summed E-state index contributed by atoms with van der Waals surface area (Å²) in [7, 11) is 1.58. The number of fused-ring (bicyclic) bond motifs is 1. The van der Waals surface area contributed by atoms with Crippen LogP contribution in [-0.2, 0) is 20.9 Å². The van der Waals surface area contributed by atoms with Crippen LogP contribution in [0.3, 0.4) is 0 Å². The van der Waals surface area contributed by atoms with Crippen molar-refractivity contribution in [1.29, 1.82) is 5.26 Å². The predicted molar refractivity (Wildman–Crippen MR) is 120 cm³/mol. The Labute approximate surface area is 180 Å². The van der Waals surface area contributed by atoms with Crippen LogP contribution in [0.4, 0.5) is 5.69 Å². The normalized spacial score (nSPS) is 11.2. The molecule has 0 aliphatic heterocycles. The van der Waals surface area contributed by atoms with Crippen molar-refractivity contribution < 1.29 is 14.3 Å². The Morgan fingerprint density at radius 2 is 1.90 bits per heavy atom. The molecule has 31 heavy (non-hydrogen) atoms. The van der Waals surface area contributed by atoms with Crippen LogP contribution in [0, 0.1) is 18.3 Å². The molecule has 7 heteroatoms. The number of nitriles is 1. The van der Waals surface area contributed by atoms with Gasteiger partial charge < -0.3 is 19.9 Å². The first-order chi connectivity index (χ1) is 15.0. The molecule has 0 saturated heterocycles. The molecule has 2 N–H and O–H groups in total. The highest BCUT2D eigenvalue weighted by Crippen LogP contribution is 2.24. The van der Waals surface area contributed by atoms with Crippen LogP contribution in [0.2, 0.25) is 0 Å². The maximum atomic E-state index is 12.6. The van der Waals surface area contributed by atoms with E-state index in [-0.39, 0.29) is 18.0 Å². The van der Waals surface area contributed by atoms with E-state index in [1.54, 1.807) is 36.1 Å². The first-order valence-corrected chi connectivity index (χ1v) is 9.85. The van der Waals surface area contributed by atoms with Crippen molar-refractivity contribution in [3.63, 3.8) is 0 Å². The Bertz CT molecular complexity index is 1150. The molecule has 3 rings (SSSR count). The number of hydrogen-bond donors (Lipinski definition) is 2. The molecule has 0 spiro atoms. The van der Waals surface area contributed by atoms with Crippen molar-refractivity contribution in [2.45, 2.75) is 13.5 Å². The van der Waals surface area contributed by atoms with Crippen LogP contribution in [0.15, 0.2) is 60.3 Å². The van der Waals surface area contributed by atoms with Gasteiger partial charge in [0.25, 0.3) is 5.91 Å². The molecule has 0 radical (unpaired) electrons. The Morgan fingerprint density at radius 1 is 1.16 bits per heavy atom. The molecule has 0 aliphatic carbocycles. The molecule has 0 aliphatic rings. The molecule has 0 saturated carbocycles. The fourth-order valence-electron chi connectivity index (χ4n) is 3.16. The maximum absolute atomic E-state index is 12.6. The third kappa shape index (κ3) is 5.59. The second-order valence-electron chi connectivity index (χ2n) is 7.06. The zero-order valence-electron chi connectivity index (χ0n) is 17.5. The zero-order valence-corrected chi connectivity index (χ0v) is 17.5. The maximum Gasteiger partial charge on any atom is 0.266 e. The summed E-state index contributed by atoms with van der Waals surface area (Å²) in [5, 5.41) is 15.9. The van der Waals surface area contributed by atoms with Crippen LogP contribution < -0.4 is 10.6 Å². The minimum Gasteiger partial charge on any atom is -0.383 e. The number of carbonyl (C=O) groups is 2. The quantitative estimate of drug-likeness (QED) is 0.335. The summed E-state index contributed by atoms with van der Waals surface area (Å²) in [5.41, 5.74) is 3.20. The summed E-state index contributed by atoms with van der Waals surface area (Å²) in [6, 6.07) is 16.9. The van der Waals surface area contributed by atoms with Gasteiger partial charge in [0.05, 0.1) is 6.61 Å². The number of aryl methyl sites for hydroxylation is 1. The average Bonchev–Trinajstić information content (AvgIpc) is 3.11. The summed E-state index contributed by atoms with van der Waals surface area (Å²) in [6.45, 7) is 2.95. The van der Waals surface area contributed by atoms with Crippen molar-refractivity contribution in [3.05, 3.63) is 71.4 Å². The molecule has 2 amide bonds. The van der Waals surface area contributed by atoms with Gasteiger partial charge in [-0.05, 0) is 31.2 Å². The molecule has 0 fully saturated rings. The van der Waals surface area contributed by atoms with E-state index in [2.05, 4.69) is 10.6 Å². The molecule has 158 valence electrons. The average molecular weight is 416 g/mol. The number of rotatable bonds is 8. The van der Waals surface area contributed by atoms with Gasteiger partial charge in [-0.15, -0.1) is 0 Å². The van der Waals surface area contributed by atoms with E-state index in [9.17, 15) is 14.9 Å². The number of hydrogen-bond acceptors (Lipinski definition) is 4. The van der Waals surface area contributed by atoms with Gasteiger partial charge in [0.15, 0.2) is 0 Å². The first-order valence-electron chi connectivity index (χ1n) is 9.85. The number of anilines is 1. The number of amides is 2. The minimum absolute atomic E-state index is 0.0203. The van der Waals surface area contributed by atoms with E-state index < -0.39 is 5.91 Å². The Balaban J connectivity index is 1.85. The highest BCUT2D eigenvalue weighted by atomic mass is 16.5. The van der Waals surface area contributed by atoms with Gasteiger partial charge in [-0.2, -0.15) is 5.26 Å². The standard InChI is InChI=1S/C24H24N4O3/c1-17-7-9-20(10-8-17)27-24(30)18(14-25)13-19-15-28(16-23(29)26-11-12-31-2)22-6-4-3-5-21(19)22/h3-10,13,15H,11-12,16H2,1-2H3,(H,26,29)(H,27,30)/b18-13+. The predicted octanol–water partition coefficient (Wildman–Crippen LogP) is 3.26. The van der Waals surface area contributed by atoms with Crippen molar-refractivity contribution >= 4 is 34.5 Å². The number of para-hydroxylation sites is 1. The van der Waals surface area contributed by atoms with E-state index in [1.165, 1.54) is 0 Å². The fraction of sp³-hybridized carbons (Fsp3) is 0.208. The van der Waals surface area contributed by atoms with Gasteiger partial charge in [0.1, 0.15) is 18.2 Å². The van der Waals surface area contributed by atoms with Crippen molar-refractivity contribution in [3.8, 4) is 6.07 Å². The number of ether oxygens (including phenoxy) is 1.